The number of aliphatic hydroxyl groups is 1. The van der Waals surface area contributed by atoms with Crippen molar-refractivity contribution in [2.75, 3.05) is 13.7 Å². The number of carboxylic acid groups (broad SMARTS) is 1. The lowest BCUT2D eigenvalue weighted by Gasteiger charge is -2.31. The fourth-order valence-electron chi connectivity index (χ4n) is 3.78. The number of aromatic carboxylic acids is 1. The van der Waals surface area contributed by atoms with Crippen molar-refractivity contribution in [3.63, 3.8) is 0 Å². The summed E-state index contributed by atoms with van der Waals surface area (Å²) in [6.07, 6.45) is 0.0830. The molecule has 0 amide bonds. The predicted molar refractivity (Wildman–Crippen MR) is 109 cm³/mol. The molecule has 3 aromatic rings. The summed E-state index contributed by atoms with van der Waals surface area (Å²) >= 11 is 0. The van der Waals surface area contributed by atoms with E-state index in [1.54, 1.807) is 25.3 Å². The van der Waals surface area contributed by atoms with Crippen LogP contribution in [0.3, 0.4) is 0 Å². The van der Waals surface area contributed by atoms with Gasteiger partial charge in [-0.05, 0) is 47.4 Å². The molecule has 29 heavy (non-hydrogen) atoms. The van der Waals surface area contributed by atoms with Gasteiger partial charge in [-0.2, -0.15) is 0 Å². The Balaban J connectivity index is 1.65. The maximum absolute atomic E-state index is 11.6. The van der Waals surface area contributed by atoms with Crippen LogP contribution in [0, 0.1) is 5.92 Å². The van der Waals surface area contributed by atoms with Crippen molar-refractivity contribution in [1.29, 1.82) is 0 Å². The summed E-state index contributed by atoms with van der Waals surface area (Å²) in [6, 6.07) is 20.3. The van der Waals surface area contributed by atoms with Gasteiger partial charge in [-0.1, -0.05) is 42.5 Å². The number of fused-ring (bicyclic) bond motifs is 1. The van der Waals surface area contributed by atoms with E-state index in [-0.39, 0.29) is 11.5 Å². The molecule has 2 N–H and O–H groups in total. The average molecular weight is 390 g/mol. The Labute approximate surface area is 169 Å². The second kappa shape index (κ2) is 7.97. The molecular formula is C24H22O5. The highest BCUT2D eigenvalue weighted by Gasteiger charge is 2.30. The van der Waals surface area contributed by atoms with Crippen LogP contribution in [-0.2, 0) is 6.42 Å². The second-order valence-electron chi connectivity index (χ2n) is 7.17. The van der Waals surface area contributed by atoms with Crippen LogP contribution >= 0.6 is 0 Å². The third kappa shape index (κ3) is 3.82. The Kier molecular flexibility index (Phi) is 5.23. The predicted octanol–water partition coefficient (Wildman–Crippen LogP) is 4.35. The molecule has 0 aromatic heterocycles. The molecule has 1 heterocycles. The zero-order valence-electron chi connectivity index (χ0n) is 16.0. The number of aliphatic hydroxyl groups excluding tert-OH is 1. The van der Waals surface area contributed by atoms with Crippen molar-refractivity contribution < 1.29 is 24.5 Å². The van der Waals surface area contributed by atoms with Gasteiger partial charge in [0.1, 0.15) is 11.5 Å². The Morgan fingerprint density at radius 3 is 2.62 bits per heavy atom. The lowest BCUT2D eigenvalue weighted by atomic mass is 9.87. The van der Waals surface area contributed by atoms with Gasteiger partial charge in [0.2, 0.25) is 0 Å². The molecule has 5 nitrogen and oxygen atoms in total. The van der Waals surface area contributed by atoms with Crippen LogP contribution < -0.4 is 9.47 Å². The molecule has 4 rings (SSSR count). The first-order valence-electron chi connectivity index (χ1n) is 9.47. The third-order valence-corrected chi connectivity index (χ3v) is 5.34. The van der Waals surface area contributed by atoms with E-state index in [4.69, 9.17) is 9.47 Å². The molecule has 0 saturated heterocycles. The second-order valence-corrected chi connectivity index (χ2v) is 7.17. The van der Waals surface area contributed by atoms with Crippen LogP contribution in [0.4, 0.5) is 0 Å². The van der Waals surface area contributed by atoms with E-state index in [0.717, 1.165) is 17.5 Å². The highest BCUT2D eigenvalue weighted by Crippen LogP contribution is 2.40. The van der Waals surface area contributed by atoms with E-state index in [9.17, 15) is 15.0 Å². The van der Waals surface area contributed by atoms with Gasteiger partial charge in [-0.3, -0.25) is 0 Å². The van der Waals surface area contributed by atoms with Crippen LogP contribution in [0.1, 0.15) is 27.6 Å². The Hall–Kier alpha value is -3.31. The molecule has 0 radical (unpaired) electrons. The minimum atomic E-state index is -1.01. The molecule has 3 aromatic carbocycles. The molecular weight excluding hydrogens is 368 g/mol. The fourth-order valence-corrected chi connectivity index (χ4v) is 3.78. The first-order chi connectivity index (χ1) is 14.1. The highest BCUT2D eigenvalue weighted by molar-refractivity contribution is 5.96. The van der Waals surface area contributed by atoms with Crippen LogP contribution in [0.5, 0.6) is 11.5 Å². The molecule has 0 aliphatic carbocycles. The van der Waals surface area contributed by atoms with E-state index in [1.807, 2.05) is 42.5 Å². The molecule has 5 heteroatoms. The van der Waals surface area contributed by atoms with Gasteiger partial charge in [0.25, 0.3) is 0 Å². The summed E-state index contributed by atoms with van der Waals surface area (Å²) in [6.45, 7) is 0.399. The first kappa shape index (κ1) is 19.0. The fraction of sp³-hybridized carbons (Fsp3) is 0.208. The first-order valence-corrected chi connectivity index (χ1v) is 9.47. The maximum Gasteiger partial charge on any atom is 0.336 e. The summed E-state index contributed by atoms with van der Waals surface area (Å²) < 4.78 is 11.2. The minimum Gasteiger partial charge on any atom is -0.497 e. The quantitative estimate of drug-likeness (QED) is 0.678. The van der Waals surface area contributed by atoms with Crippen LogP contribution in [0.2, 0.25) is 0 Å². The normalized spacial score (nSPS) is 17.9. The summed E-state index contributed by atoms with van der Waals surface area (Å²) in [5, 5.41) is 20.4. The van der Waals surface area contributed by atoms with Crippen molar-refractivity contribution in [3.05, 3.63) is 83.4 Å². The third-order valence-electron chi connectivity index (χ3n) is 5.34. The molecule has 0 bridgehead atoms. The van der Waals surface area contributed by atoms with Gasteiger partial charge in [-0.25, -0.2) is 4.79 Å². The Morgan fingerprint density at radius 1 is 1.10 bits per heavy atom. The molecule has 0 unspecified atom stereocenters. The maximum atomic E-state index is 11.6. The summed E-state index contributed by atoms with van der Waals surface area (Å²) in [5.41, 5.74) is 3.31. The zero-order valence-corrected chi connectivity index (χ0v) is 16.0. The number of hydrogen-bond donors (Lipinski definition) is 2. The topological polar surface area (TPSA) is 76.0 Å². The molecule has 148 valence electrons. The monoisotopic (exact) mass is 390 g/mol. The lowest BCUT2D eigenvalue weighted by molar-refractivity contribution is 0.0508. The van der Waals surface area contributed by atoms with Crippen molar-refractivity contribution in [2.24, 2.45) is 5.92 Å². The van der Waals surface area contributed by atoms with E-state index in [0.29, 0.717) is 29.2 Å². The Bertz CT molecular complexity index is 1030. The Morgan fingerprint density at radius 2 is 1.90 bits per heavy atom. The van der Waals surface area contributed by atoms with Gasteiger partial charge in [0, 0.05) is 11.5 Å². The molecule has 1 aliphatic rings. The van der Waals surface area contributed by atoms with Gasteiger partial charge >= 0.3 is 5.97 Å². The summed E-state index contributed by atoms with van der Waals surface area (Å²) in [7, 11) is 1.54. The van der Waals surface area contributed by atoms with Gasteiger partial charge in [-0.15, -0.1) is 0 Å². The van der Waals surface area contributed by atoms with E-state index in [2.05, 4.69) is 0 Å². The van der Waals surface area contributed by atoms with Gasteiger partial charge in [0.05, 0.1) is 25.4 Å². The smallest absolute Gasteiger partial charge is 0.336 e. The van der Waals surface area contributed by atoms with Crippen LogP contribution in [0.25, 0.3) is 11.1 Å². The average Bonchev–Trinajstić information content (AvgIpc) is 2.75. The number of carboxylic acids is 1. The molecule has 0 saturated carbocycles. The molecule has 0 fully saturated rings. The number of hydrogen-bond acceptors (Lipinski definition) is 4. The molecule has 1 aliphatic heterocycles. The SMILES string of the molecule is COc1ccc(C(=O)O)c(-c2ccc3c(c2)OC[C@@H](Cc2ccccc2)[C@H]3O)c1. The standard InChI is InChI=1S/C24H22O5/c1-28-18-8-10-19(24(26)27)21(13-18)16-7-9-20-22(12-16)29-14-17(23(20)25)11-15-5-3-2-4-6-15/h2-10,12-13,17,23,25H,11,14H2,1H3,(H,26,27)/t17-,23-/m1/s1. The number of carbonyl (C=O) groups is 1. The number of rotatable bonds is 5. The largest absolute Gasteiger partial charge is 0.497 e. The van der Waals surface area contributed by atoms with Crippen molar-refractivity contribution >= 4 is 5.97 Å². The summed E-state index contributed by atoms with van der Waals surface area (Å²) in [5.74, 6) is 0.108. The lowest BCUT2D eigenvalue weighted by Crippen LogP contribution is -2.27. The van der Waals surface area contributed by atoms with Crippen molar-refractivity contribution in [3.8, 4) is 22.6 Å². The number of ether oxygens (including phenoxy) is 2. The van der Waals surface area contributed by atoms with Crippen molar-refractivity contribution in [2.45, 2.75) is 12.5 Å². The van der Waals surface area contributed by atoms with Crippen LogP contribution in [-0.4, -0.2) is 29.9 Å². The number of methoxy groups -OCH3 is 1. The van der Waals surface area contributed by atoms with Gasteiger partial charge in [0.15, 0.2) is 0 Å². The summed E-state index contributed by atoms with van der Waals surface area (Å²) in [4.78, 5) is 11.6. The van der Waals surface area contributed by atoms with E-state index in [1.165, 1.54) is 6.07 Å². The zero-order chi connectivity index (χ0) is 20.4. The van der Waals surface area contributed by atoms with Crippen molar-refractivity contribution in [1.82, 2.24) is 0 Å². The van der Waals surface area contributed by atoms with E-state index >= 15 is 0 Å². The minimum absolute atomic E-state index is 0.0397. The number of benzene rings is 3. The highest BCUT2D eigenvalue weighted by atomic mass is 16.5. The van der Waals surface area contributed by atoms with E-state index < -0.39 is 12.1 Å². The molecule has 0 spiro atoms. The van der Waals surface area contributed by atoms with Gasteiger partial charge < -0.3 is 19.7 Å². The molecule has 2 atom stereocenters. The van der Waals surface area contributed by atoms with Crippen LogP contribution in [0.15, 0.2) is 66.7 Å².